The molecule has 1 saturated heterocycles. The summed E-state index contributed by atoms with van der Waals surface area (Å²) >= 11 is 0. The van der Waals surface area contributed by atoms with E-state index in [1.807, 2.05) is 60.5 Å². The summed E-state index contributed by atoms with van der Waals surface area (Å²) in [6.45, 7) is 0.747. The van der Waals surface area contributed by atoms with E-state index in [2.05, 4.69) is 5.10 Å². The van der Waals surface area contributed by atoms with Gasteiger partial charge in [-0.15, -0.1) is 0 Å². The van der Waals surface area contributed by atoms with E-state index in [1.54, 1.807) is 4.68 Å². The van der Waals surface area contributed by atoms with Crippen LogP contribution in [0, 0.1) is 5.41 Å². The molecule has 4 N–H and O–H groups in total. The number of hydrogen-bond donors (Lipinski definition) is 3. The summed E-state index contributed by atoms with van der Waals surface area (Å²) < 4.78 is 1.70. The van der Waals surface area contributed by atoms with Crippen molar-refractivity contribution >= 4 is 29.1 Å². The van der Waals surface area contributed by atoms with Gasteiger partial charge in [-0.2, -0.15) is 5.10 Å². The average molecular weight is 428 g/mol. The van der Waals surface area contributed by atoms with Gasteiger partial charge in [0.1, 0.15) is 17.2 Å². The number of aromatic hydroxyl groups is 1. The second-order valence-corrected chi connectivity index (χ2v) is 8.39. The van der Waals surface area contributed by atoms with Crippen molar-refractivity contribution in [3.8, 4) is 17.0 Å². The topological polar surface area (TPSA) is 108 Å². The highest BCUT2D eigenvalue weighted by atomic mass is 16.3. The van der Waals surface area contributed by atoms with Crippen LogP contribution in [0.25, 0.3) is 22.9 Å². The molecule has 0 spiro atoms. The van der Waals surface area contributed by atoms with Crippen LogP contribution in [0.4, 0.5) is 5.69 Å². The fourth-order valence-corrected chi connectivity index (χ4v) is 4.60. The molecule has 1 aliphatic carbocycles. The Kier molecular flexibility index (Phi) is 4.81. The molecule has 0 bridgehead atoms. The number of benzene rings is 2. The minimum Gasteiger partial charge on any atom is -0.504 e. The van der Waals surface area contributed by atoms with E-state index in [4.69, 9.17) is 11.1 Å². The summed E-state index contributed by atoms with van der Waals surface area (Å²) in [5.41, 5.74) is 12.3. The second-order valence-electron chi connectivity index (χ2n) is 8.39. The van der Waals surface area contributed by atoms with Gasteiger partial charge in [-0.25, -0.2) is 0 Å². The summed E-state index contributed by atoms with van der Waals surface area (Å²) in [4.78, 5) is 14.0. The Morgan fingerprint density at radius 2 is 1.94 bits per heavy atom. The fraction of sp³-hybridized carbons (Fsp3) is 0.240. The van der Waals surface area contributed by atoms with Crippen molar-refractivity contribution < 1.29 is 9.90 Å². The number of aromatic nitrogens is 2. The lowest BCUT2D eigenvalue weighted by Crippen LogP contribution is -2.35. The minimum absolute atomic E-state index is 0.0371. The number of fused-ring (bicyclic) bond motifs is 1. The largest absolute Gasteiger partial charge is 0.504 e. The monoisotopic (exact) mass is 427 g/mol. The molecule has 2 heterocycles. The smallest absolute Gasteiger partial charge is 0.226 e. The van der Waals surface area contributed by atoms with Crippen LogP contribution in [0.2, 0.25) is 0 Å². The molecule has 7 heteroatoms. The molecular formula is C25H25N5O2. The molecule has 0 atom stereocenters. The summed E-state index contributed by atoms with van der Waals surface area (Å²) in [7, 11) is 1.82. The third-order valence-electron chi connectivity index (χ3n) is 6.27. The molecule has 7 nitrogen and oxygen atoms in total. The van der Waals surface area contributed by atoms with Gasteiger partial charge in [0.25, 0.3) is 0 Å². The lowest BCUT2D eigenvalue weighted by Gasteiger charge is -2.26. The van der Waals surface area contributed by atoms with Crippen LogP contribution in [0.5, 0.6) is 5.75 Å². The zero-order valence-corrected chi connectivity index (χ0v) is 17.9. The highest BCUT2D eigenvalue weighted by Crippen LogP contribution is 2.40. The first kappa shape index (κ1) is 20.1. The quantitative estimate of drug-likeness (QED) is 0.436. The number of aryl methyl sites for hydroxylation is 1. The molecule has 1 fully saturated rings. The summed E-state index contributed by atoms with van der Waals surface area (Å²) in [6.07, 6.45) is 5.26. The number of rotatable bonds is 4. The molecule has 3 aromatic rings. The number of nitrogens with zero attached hydrogens (tertiary/aromatic N) is 3. The average Bonchev–Trinajstić information content (AvgIpc) is 3.33. The zero-order valence-electron chi connectivity index (χ0n) is 17.9. The lowest BCUT2D eigenvalue weighted by atomic mass is 10.0. The van der Waals surface area contributed by atoms with Crippen molar-refractivity contribution in [2.24, 2.45) is 12.8 Å². The van der Waals surface area contributed by atoms with Crippen molar-refractivity contribution in [3.63, 3.8) is 0 Å². The van der Waals surface area contributed by atoms with E-state index >= 15 is 0 Å². The Hall–Kier alpha value is -3.87. The Morgan fingerprint density at radius 1 is 1.16 bits per heavy atom. The molecule has 1 aliphatic heterocycles. The molecule has 2 aliphatic rings. The number of nitrogens with one attached hydrogen (secondary N) is 1. The maximum atomic E-state index is 12.2. The van der Waals surface area contributed by atoms with Crippen LogP contribution in [0.15, 0.2) is 42.5 Å². The highest BCUT2D eigenvalue weighted by Gasteiger charge is 2.25. The van der Waals surface area contributed by atoms with E-state index in [0.717, 1.165) is 47.3 Å². The number of amides is 1. The number of anilines is 1. The van der Waals surface area contributed by atoms with Gasteiger partial charge in [-0.1, -0.05) is 24.3 Å². The van der Waals surface area contributed by atoms with E-state index in [0.29, 0.717) is 29.8 Å². The predicted molar refractivity (Wildman–Crippen MR) is 126 cm³/mol. The molecule has 5 rings (SSSR count). The summed E-state index contributed by atoms with van der Waals surface area (Å²) in [6, 6.07) is 13.4. The third-order valence-corrected chi connectivity index (χ3v) is 6.27. The van der Waals surface area contributed by atoms with Gasteiger partial charge < -0.3 is 15.7 Å². The van der Waals surface area contributed by atoms with Gasteiger partial charge >= 0.3 is 0 Å². The van der Waals surface area contributed by atoms with Crippen LogP contribution in [-0.4, -0.2) is 33.2 Å². The van der Waals surface area contributed by atoms with Gasteiger partial charge in [0.2, 0.25) is 5.91 Å². The molecular weight excluding hydrogens is 402 g/mol. The van der Waals surface area contributed by atoms with E-state index in [-0.39, 0.29) is 17.5 Å². The van der Waals surface area contributed by atoms with Crippen LogP contribution >= 0.6 is 0 Å². The lowest BCUT2D eigenvalue weighted by molar-refractivity contribution is -0.119. The molecule has 0 radical (unpaired) electrons. The van der Waals surface area contributed by atoms with Crippen LogP contribution < -0.4 is 10.6 Å². The molecule has 0 unspecified atom stereocenters. The number of carbonyl (C=O) groups is 1. The highest BCUT2D eigenvalue weighted by molar-refractivity contribution is 5.98. The van der Waals surface area contributed by atoms with Gasteiger partial charge in [-0.05, 0) is 53.8 Å². The normalized spacial score (nSPS) is 15.6. The van der Waals surface area contributed by atoms with E-state index in [1.165, 1.54) is 0 Å². The number of piperidine rings is 1. The first-order valence-corrected chi connectivity index (χ1v) is 10.8. The molecule has 0 saturated carbocycles. The van der Waals surface area contributed by atoms with Crippen molar-refractivity contribution in [1.82, 2.24) is 9.78 Å². The third kappa shape index (κ3) is 3.36. The fourth-order valence-electron chi connectivity index (χ4n) is 4.60. The van der Waals surface area contributed by atoms with Gasteiger partial charge in [0.15, 0.2) is 5.75 Å². The molecule has 2 aromatic carbocycles. The summed E-state index contributed by atoms with van der Waals surface area (Å²) in [5, 5.41) is 23.3. The Labute approximate surface area is 186 Å². The minimum atomic E-state index is 0.0371. The number of nitrogens with two attached hydrogens (primary N) is 1. The maximum Gasteiger partial charge on any atom is 0.226 e. The zero-order chi connectivity index (χ0) is 22.4. The Balaban J connectivity index is 1.45. The number of nitrogen functional groups attached to an aromatic ring is 1. The van der Waals surface area contributed by atoms with Crippen molar-refractivity contribution in [3.05, 3.63) is 64.8 Å². The van der Waals surface area contributed by atoms with E-state index < -0.39 is 0 Å². The molecule has 1 amide bonds. The van der Waals surface area contributed by atoms with Crippen molar-refractivity contribution in [2.45, 2.75) is 25.7 Å². The number of carbonyl (C=O) groups excluding carboxylic acids is 1. The summed E-state index contributed by atoms with van der Waals surface area (Å²) in [5.74, 6) is 0.336. The van der Waals surface area contributed by atoms with Gasteiger partial charge in [-0.3, -0.25) is 14.9 Å². The Bertz CT molecular complexity index is 1270. The number of hydrogen-bond acceptors (Lipinski definition) is 4. The predicted octanol–water partition coefficient (Wildman–Crippen LogP) is 3.69. The second kappa shape index (κ2) is 7.67. The van der Waals surface area contributed by atoms with Crippen LogP contribution in [0.3, 0.4) is 0 Å². The molecule has 1 aromatic heterocycles. The molecule has 162 valence electrons. The SMILES string of the molecule is Cn1nc(-c2ccc(N3CCCCC3=O)cc2)c(O)c1C1=Cc2cc(C(=N)N)ccc2C1. The van der Waals surface area contributed by atoms with Crippen LogP contribution in [0.1, 0.15) is 41.6 Å². The van der Waals surface area contributed by atoms with E-state index in [9.17, 15) is 9.90 Å². The number of allylic oxidation sites excluding steroid dienone is 1. The molecule has 32 heavy (non-hydrogen) atoms. The van der Waals surface area contributed by atoms with Crippen LogP contribution in [-0.2, 0) is 18.3 Å². The maximum absolute atomic E-state index is 12.2. The Morgan fingerprint density at radius 3 is 2.66 bits per heavy atom. The van der Waals surface area contributed by atoms with Crippen molar-refractivity contribution in [1.29, 1.82) is 5.41 Å². The first-order chi connectivity index (χ1) is 15.4. The van der Waals surface area contributed by atoms with Gasteiger partial charge in [0.05, 0.1) is 0 Å². The van der Waals surface area contributed by atoms with Crippen molar-refractivity contribution in [2.75, 3.05) is 11.4 Å². The van der Waals surface area contributed by atoms with Gasteiger partial charge in [0, 0.05) is 43.2 Å². The number of amidine groups is 1. The standard InChI is InChI=1S/C25H25N5O2/c1-29-23(19-12-16-5-6-17(25(26)27)13-18(16)14-19)24(32)22(28-29)15-7-9-20(10-8-15)30-11-3-2-4-21(30)31/h5-10,13-14,32H,2-4,11-12H2,1H3,(H3,26,27). The first-order valence-electron chi connectivity index (χ1n) is 10.8.